The molecule has 0 amide bonds. The molecule has 0 aromatic heterocycles. The van der Waals surface area contributed by atoms with E-state index in [0.717, 1.165) is 13.1 Å². The normalized spacial score (nSPS) is 13.8. The smallest absolute Gasteiger partial charge is 0.0210 e. The first-order valence-electron chi connectivity index (χ1n) is 6.58. The van der Waals surface area contributed by atoms with Gasteiger partial charge in [0.25, 0.3) is 0 Å². The molecule has 96 valence electrons. The number of nitrogens with one attached hydrogen (secondary N) is 1. The van der Waals surface area contributed by atoms with Crippen LogP contribution in [0.25, 0.3) is 0 Å². The Morgan fingerprint density at radius 2 is 1.65 bits per heavy atom. The van der Waals surface area contributed by atoms with Crippen molar-refractivity contribution in [3.8, 4) is 0 Å². The molecule has 1 aromatic carbocycles. The van der Waals surface area contributed by atoms with Crippen LogP contribution in [0.3, 0.4) is 0 Å². The maximum atomic E-state index is 3.59. The largest absolute Gasteiger partial charge is 0.312 e. The maximum Gasteiger partial charge on any atom is 0.0210 e. The van der Waals surface area contributed by atoms with E-state index in [1.807, 2.05) is 0 Å². The minimum Gasteiger partial charge on any atom is -0.312 e. The minimum absolute atomic E-state index is 0.383. The highest BCUT2D eigenvalue weighted by Gasteiger charge is 2.19. The van der Waals surface area contributed by atoms with Crippen LogP contribution in [-0.2, 0) is 6.54 Å². The summed E-state index contributed by atoms with van der Waals surface area (Å²) in [6, 6.07) is 6.51. The van der Waals surface area contributed by atoms with Gasteiger partial charge >= 0.3 is 0 Å². The van der Waals surface area contributed by atoms with E-state index in [2.05, 4.69) is 65.1 Å². The Hall–Kier alpha value is -0.820. The summed E-state index contributed by atoms with van der Waals surface area (Å²) in [4.78, 5) is 0. The zero-order valence-electron chi connectivity index (χ0n) is 12.2. The molecule has 1 atom stereocenters. The van der Waals surface area contributed by atoms with E-state index in [4.69, 9.17) is 0 Å². The van der Waals surface area contributed by atoms with Crippen molar-refractivity contribution >= 4 is 0 Å². The van der Waals surface area contributed by atoms with Crippen LogP contribution in [0.4, 0.5) is 0 Å². The van der Waals surface area contributed by atoms with Gasteiger partial charge < -0.3 is 5.32 Å². The lowest BCUT2D eigenvalue weighted by molar-refractivity contribution is 0.252. The van der Waals surface area contributed by atoms with Gasteiger partial charge in [-0.2, -0.15) is 0 Å². The van der Waals surface area contributed by atoms with E-state index >= 15 is 0 Å². The summed E-state index contributed by atoms with van der Waals surface area (Å²) in [5.41, 5.74) is 4.61. The van der Waals surface area contributed by atoms with Crippen LogP contribution in [0.15, 0.2) is 18.2 Å². The molecule has 0 radical (unpaired) electrons. The minimum atomic E-state index is 0.383. The van der Waals surface area contributed by atoms with E-state index < -0.39 is 0 Å². The van der Waals surface area contributed by atoms with E-state index in [1.54, 1.807) is 0 Å². The molecule has 1 heteroatoms. The zero-order valence-corrected chi connectivity index (χ0v) is 12.2. The lowest BCUT2D eigenvalue weighted by atomic mass is 9.82. The molecule has 0 aliphatic carbocycles. The predicted molar refractivity (Wildman–Crippen MR) is 76.2 cm³/mol. The van der Waals surface area contributed by atoms with Crippen molar-refractivity contribution in [2.45, 2.75) is 48.1 Å². The second-order valence-corrected chi connectivity index (χ2v) is 6.27. The summed E-state index contributed by atoms with van der Waals surface area (Å²) in [5.74, 6) is 0.687. The fourth-order valence-electron chi connectivity index (χ4n) is 1.85. The first-order chi connectivity index (χ1) is 7.82. The lowest BCUT2D eigenvalue weighted by Gasteiger charge is -2.27. The van der Waals surface area contributed by atoms with Crippen LogP contribution in [0.5, 0.6) is 0 Å². The SMILES string of the molecule is Cc1cccc(C)c1CNCC(C)C(C)(C)C. The van der Waals surface area contributed by atoms with Crippen LogP contribution in [0.1, 0.15) is 44.4 Å². The van der Waals surface area contributed by atoms with Gasteiger partial charge in [0.05, 0.1) is 0 Å². The standard InChI is InChI=1S/C16H27N/c1-12-8-7-9-13(2)15(12)11-17-10-14(3)16(4,5)6/h7-9,14,17H,10-11H2,1-6H3. The zero-order chi connectivity index (χ0) is 13.1. The predicted octanol–water partition coefficient (Wildman–Crippen LogP) is 4.08. The molecule has 0 bridgehead atoms. The molecule has 1 aromatic rings. The van der Waals surface area contributed by atoms with Gasteiger partial charge in [0.1, 0.15) is 0 Å². The summed E-state index contributed by atoms with van der Waals surface area (Å²) >= 11 is 0. The Kier molecular flexibility index (Phi) is 4.76. The van der Waals surface area contributed by atoms with E-state index in [0.29, 0.717) is 11.3 Å². The molecular formula is C16H27N. The van der Waals surface area contributed by atoms with Crippen LogP contribution in [0, 0.1) is 25.2 Å². The van der Waals surface area contributed by atoms with Crippen molar-refractivity contribution in [3.05, 3.63) is 34.9 Å². The quantitative estimate of drug-likeness (QED) is 0.826. The topological polar surface area (TPSA) is 12.0 Å². The number of rotatable bonds is 4. The monoisotopic (exact) mass is 233 g/mol. The molecule has 1 unspecified atom stereocenters. The Bertz CT molecular complexity index is 340. The average molecular weight is 233 g/mol. The van der Waals surface area contributed by atoms with Gasteiger partial charge in [-0.3, -0.25) is 0 Å². The van der Waals surface area contributed by atoms with Gasteiger partial charge in [-0.15, -0.1) is 0 Å². The molecule has 1 nitrogen and oxygen atoms in total. The fraction of sp³-hybridized carbons (Fsp3) is 0.625. The van der Waals surface area contributed by atoms with Gasteiger partial charge in [-0.25, -0.2) is 0 Å². The van der Waals surface area contributed by atoms with Gasteiger partial charge in [-0.05, 0) is 48.4 Å². The Balaban J connectivity index is 2.52. The van der Waals surface area contributed by atoms with Crippen LogP contribution in [-0.4, -0.2) is 6.54 Å². The molecule has 0 spiro atoms. The average Bonchev–Trinajstić information content (AvgIpc) is 2.20. The van der Waals surface area contributed by atoms with Crippen LogP contribution < -0.4 is 5.32 Å². The molecule has 1 N–H and O–H groups in total. The third-order valence-corrected chi connectivity index (χ3v) is 3.88. The molecular weight excluding hydrogens is 206 g/mol. The van der Waals surface area contributed by atoms with Crippen molar-refractivity contribution in [1.29, 1.82) is 0 Å². The number of hydrogen-bond acceptors (Lipinski definition) is 1. The first-order valence-corrected chi connectivity index (χ1v) is 6.58. The highest BCUT2D eigenvalue weighted by atomic mass is 14.9. The van der Waals surface area contributed by atoms with Gasteiger partial charge in [0, 0.05) is 6.54 Å². The molecule has 0 aliphatic rings. The van der Waals surface area contributed by atoms with Crippen molar-refractivity contribution in [2.75, 3.05) is 6.54 Å². The summed E-state index contributed by atoms with van der Waals surface area (Å²) in [7, 11) is 0. The molecule has 0 fully saturated rings. The van der Waals surface area contributed by atoms with Crippen molar-refractivity contribution in [1.82, 2.24) is 5.32 Å². The Labute approximate surface area is 107 Å². The van der Waals surface area contributed by atoms with Crippen LogP contribution in [0.2, 0.25) is 0 Å². The highest BCUT2D eigenvalue weighted by molar-refractivity contribution is 5.33. The third-order valence-electron chi connectivity index (χ3n) is 3.88. The third kappa shape index (κ3) is 4.16. The molecule has 1 rings (SSSR count). The maximum absolute atomic E-state index is 3.59. The Morgan fingerprint density at radius 1 is 1.12 bits per heavy atom. The van der Waals surface area contributed by atoms with Crippen LogP contribution >= 0.6 is 0 Å². The number of benzene rings is 1. The summed E-state index contributed by atoms with van der Waals surface area (Å²) in [5, 5.41) is 3.59. The van der Waals surface area contributed by atoms with E-state index in [1.165, 1.54) is 16.7 Å². The van der Waals surface area contributed by atoms with Crippen molar-refractivity contribution < 1.29 is 0 Å². The number of hydrogen-bond donors (Lipinski definition) is 1. The molecule has 17 heavy (non-hydrogen) atoms. The number of aryl methyl sites for hydroxylation is 2. The fourth-order valence-corrected chi connectivity index (χ4v) is 1.85. The second kappa shape index (κ2) is 5.68. The van der Waals surface area contributed by atoms with Crippen molar-refractivity contribution in [3.63, 3.8) is 0 Å². The lowest BCUT2D eigenvalue weighted by Crippen LogP contribution is -2.29. The Morgan fingerprint density at radius 3 is 2.12 bits per heavy atom. The van der Waals surface area contributed by atoms with E-state index in [-0.39, 0.29) is 0 Å². The molecule has 0 saturated carbocycles. The molecule has 0 saturated heterocycles. The molecule has 0 aliphatic heterocycles. The summed E-state index contributed by atoms with van der Waals surface area (Å²) < 4.78 is 0. The summed E-state index contributed by atoms with van der Waals surface area (Å²) in [6.45, 7) is 15.7. The highest BCUT2D eigenvalue weighted by Crippen LogP contribution is 2.24. The van der Waals surface area contributed by atoms with Gasteiger partial charge in [0.15, 0.2) is 0 Å². The van der Waals surface area contributed by atoms with Gasteiger partial charge in [0.2, 0.25) is 0 Å². The molecule has 0 heterocycles. The first kappa shape index (κ1) is 14.2. The second-order valence-electron chi connectivity index (χ2n) is 6.27. The van der Waals surface area contributed by atoms with Crippen molar-refractivity contribution in [2.24, 2.45) is 11.3 Å². The summed E-state index contributed by atoms with van der Waals surface area (Å²) in [6.07, 6.45) is 0. The van der Waals surface area contributed by atoms with E-state index in [9.17, 15) is 0 Å². The van der Waals surface area contributed by atoms with Gasteiger partial charge in [-0.1, -0.05) is 45.9 Å².